The normalized spacial score (nSPS) is 15.6. The molecule has 0 radical (unpaired) electrons. The van der Waals surface area contributed by atoms with Crippen LogP contribution in [-0.4, -0.2) is 22.7 Å². The molecular weight excluding hydrogens is 248 g/mol. The highest BCUT2D eigenvalue weighted by Gasteiger charge is 2.19. The molecule has 3 atom stereocenters. The van der Waals surface area contributed by atoms with Crippen LogP contribution < -0.4 is 5.32 Å². The highest BCUT2D eigenvalue weighted by Crippen LogP contribution is 2.23. The molecule has 0 spiro atoms. The first kappa shape index (κ1) is 14.7. The van der Waals surface area contributed by atoms with Gasteiger partial charge in [0, 0.05) is 25.0 Å². The summed E-state index contributed by atoms with van der Waals surface area (Å²) in [6.45, 7) is 4.34. The number of benzene rings is 1. The predicted octanol–water partition coefficient (Wildman–Crippen LogP) is 2.78. The third kappa shape index (κ3) is 3.65. The Morgan fingerprint density at radius 1 is 1.00 bits per heavy atom. The van der Waals surface area contributed by atoms with Crippen LogP contribution in [0.1, 0.15) is 31.0 Å². The first-order chi connectivity index (χ1) is 9.72. The third-order valence-corrected chi connectivity index (χ3v) is 3.74. The first-order valence-electron chi connectivity index (χ1n) is 7.04. The fraction of sp³-hybridized carbons (Fsp3) is 0.353. The molecule has 1 aromatic heterocycles. The molecule has 0 fully saturated rings. The van der Waals surface area contributed by atoms with Gasteiger partial charge in [-0.3, -0.25) is 4.98 Å². The van der Waals surface area contributed by atoms with Crippen molar-refractivity contribution in [1.82, 2.24) is 10.3 Å². The van der Waals surface area contributed by atoms with E-state index in [2.05, 4.69) is 29.4 Å². The lowest BCUT2D eigenvalue weighted by Gasteiger charge is -2.27. The number of rotatable bonds is 6. The Hall–Kier alpha value is -1.71. The summed E-state index contributed by atoms with van der Waals surface area (Å²) in [4.78, 5) is 4.08. The zero-order valence-corrected chi connectivity index (χ0v) is 12.0. The minimum atomic E-state index is 0.114. The summed E-state index contributed by atoms with van der Waals surface area (Å²) in [5.74, 6) is 0.211. The maximum atomic E-state index is 9.31. The van der Waals surface area contributed by atoms with Crippen LogP contribution in [0.4, 0.5) is 0 Å². The van der Waals surface area contributed by atoms with E-state index in [1.807, 2.05) is 49.6 Å². The smallest absolute Gasteiger partial charge is 0.0579 e. The lowest BCUT2D eigenvalue weighted by Crippen LogP contribution is -2.37. The van der Waals surface area contributed by atoms with E-state index in [4.69, 9.17) is 0 Å². The van der Waals surface area contributed by atoms with Crippen molar-refractivity contribution in [2.24, 2.45) is 5.92 Å². The Labute approximate surface area is 120 Å². The first-order valence-corrected chi connectivity index (χ1v) is 7.04. The largest absolute Gasteiger partial charge is 0.396 e. The standard InChI is InChI=1S/C17H22N2O/c1-13(12-20)14(2)19-17(15-6-4-3-5-7-15)16-8-10-18-11-9-16/h3-11,13-14,17,19-20H,12H2,1-2H3. The van der Waals surface area contributed by atoms with E-state index < -0.39 is 0 Å². The van der Waals surface area contributed by atoms with Gasteiger partial charge in [-0.15, -0.1) is 0 Å². The monoisotopic (exact) mass is 270 g/mol. The lowest BCUT2D eigenvalue weighted by molar-refractivity contribution is 0.203. The number of hydrogen-bond donors (Lipinski definition) is 2. The van der Waals surface area contributed by atoms with Crippen LogP contribution in [0.25, 0.3) is 0 Å². The van der Waals surface area contributed by atoms with Crippen molar-refractivity contribution in [1.29, 1.82) is 0 Å². The molecule has 2 rings (SSSR count). The van der Waals surface area contributed by atoms with Crippen molar-refractivity contribution >= 4 is 0 Å². The Balaban J connectivity index is 2.26. The number of aromatic nitrogens is 1. The minimum absolute atomic E-state index is 0.114. The molecule has 3 nitrogen and oxygen atoms in total. The van der Waals surface area contributed by atoms with E-state index in [0.717, 1.165) is 0 Å². The van der Waals surface area contributed by atoms with Crippen LogP contribution in [0.3, 0.4) is 0 Å². The van der Waals surface area contributed by atoms with Crippen LogP contribution in [-0.2, 0) is 0 Å². The predicted molar refractivity (Wildman–Crippen MR) is 81.4 cm³/mol. The van der Waals surface area contributed by atoms with Crippen LogP contribution in [0, 0.1) is 5.92 Å². The van der Waals surface area contributed by atoms with Gasteiger partial charge in [0.05, 0.1) is 6.04 Å². The van der Waals surface area contributed by atoms with Gasteiger partial charge in [-0.05, 0) is 36.1 Å². The maximum Gasteiger partial charge on any atom is 0.0579 e. The van der Waals surface area contributed by atoms with Gasteiger partial charge in [0.15, 0.2) is 0 Å². The van der Waals surface area contributed by atoms with Crippen molar-refractivity contribution in [3.8, 4) is 0 Å². The van der Waals surface area contributed by atoms with Crippen LogP contribution >= 0.6 is 0 Å². The van der Waals surface area contributed by atoms with Crippen molar-refractivity contribution in [3.63, 3.8) is 0 Å². The number of aliphatic hydroxyl groups excluding tert-OH is 1. The topological polar surface area (TPSA) is 45.1 Å². The van der Waals surface area contributed by atoms with Gasteiger partial charge in [0.25, 0.3) is 0 Å². The van der Waals surface area contributed by atoms with E-state index in [1.165, 1.54) is 11.1 Å². The number of aliphatic hydroxyl groups is 1. The second-order valence-corrected chi connectivity index (χ2v) is 5.24. The third-order valence-electron chi connectivity index (χ3n) is 3.74. The molecule has 2 aromatic rings. The zero-order chi connectivity index (χ0) is 14.4. The number of hydrogen-bond acceptors (Lipinski definition) is 3. The average molecular weight is 270 g/mol. The van der Waals surface area contributed by atoms with Gasteiger partial charge in [-0.25, -0.2) is 0 Å². The summed E-state index contributed by atoms with van der Waals surface area (Å²) in [6.07, 6.45) is 3.63. The zero-order valence-electron chi connectivity index (χ0n) is 12.0. The molecule has 0 saturated carbocycles. The molecule has 0 aliphatic carbocycles. The summed E-state index contributed by atoms with van der Waals surface area (Å²) in [7, 11) is 0. The van der Waals surface area contributed by atoms with Crippen LogP contribution in [0.2, 0.25) is 0 Å². The lowest BCUT2D eigenvalue weighted by atomic mass is 9.96. The van der Waals surface area contributed by atoms with E-state index in [1.54, 1.807) is 0 Å². The maximum absolute atomic E-state index is 9.31. The second kappa shape index (κ2) is 7.17. The molecule has 0 aliphatic rings. The summed E-state index contributed by atoms with van der Waals surface area (Å²) in [5, 5.41) is 12.9. The van der Waals surface area contributed by atoms with Gasteiger partial charge in [-0.2, -0.15) is 0 Å². The molecular formula is C17H22N2O. The highest BCUT2D eigenvalue weighted by atomic mass is 16.3. The van der Waals surface area contributed by atoms with E-state index in [0.29, 0.717) is 0 Å². The summed E-state index contributed by atoms with van der Waals surface area (Å²) < 4.78 is 0. The van der Waals surface area contributed by atoms with E-state index in [9.17, 15) is 5.11 Å². The number of pyridine rings is 1. The SMILES string of the molecule is CC(CO)C(C)NC(c1ccccc1)c1ccncc1. The van der Waals surface area contributed by atoms with Gasteiger partial charge in [0.1, 0.15) is 0 Å². The fourth-order valence-corrected chi connectivity index (χ4v) is 2.17. The molecule has 1 aromatic carbocycles. The molecule has 20 heavy (non-hydrogen) atoms. The van der Waals surface area contributed by atoms with Crippen molar-refractivity contribution < 1.29 is 5.11 Å². The quantitative estimate of drug-likeness (QED) is 0.848. The Morgan fingerprint density at radius 2 is 1.60 bits per heavy atom. The molecule has 3 heteroatoms. The molecule has 3 unspecified atom stereocenters. The summed E-state index contributed by atoms with van der Waals surface area (Å²) in [6, 6.07) is 14.7. The Bertz CT molecular complexity index is 461. The van der Waals surface area contributed by atoms with Gasteiger partial charge >= 0.3 is 0 Å². The average Bonchev–Trinajstić information content (AvgIpc) is 2.53. The highest BCUT2D eigenvalue weighted by molar-refractivity contribution is 5.30. The summed E-state index contributed by atoms with van der Waals surface area (Å²) in [5.41, 5.74) is 2.40. The Morgan fingerprint density at radius 3 is 2.20 bits per heavy atom. The van der Waals surface area contributed by atoms with Gasteiger partial charge in [-0.1, -0.05) is 37.3 Å². The van der Waals surface area contributed by atoms with Crippen molar-refractivity contribution in [3.05, 3.63) is 66.0 Å². The molecule has 2 N–H and O–H groups in total. The van der Waals surface area contributed by atoms with Crippen molar-refractivity contribution in [2.45, 2.75) is 25.9 Å². The molecule has 106 valence electrons. The molecule has 0 saturated heterocycles. The molecule has 0 aliphatic heterocycles. The van der Waals surface area contributed by atoms with Crippen molar-refractivity contribution in [2.75, 3.05) is 6.61 Å². The van der Waals surface area contributed by atoms with Crippen LogP contribution in [0.5, 0.6) is 0 Å². The van der Waals surface area contributed by atoms with E-state index >= 15 is 0 Å². The number of nitrogens with zero attached hydrogens (tertiary/aromatic N) is 1. The molecule has 1 heterocycles. The molecule has 0 amide bonds. The van der Waals surface area contributed by atoms with Crippen LogP contribution in [0.15, 0.2) is 54.9 Å². The van der Waals surface area contributed by atoms with E-state index in [-0.39, 0.29) is 24.6 Å². The number of nitrogens with one attached hydrogen (secondary N) is 1. The second-order valence-electron chi connectivity index (χ2n) is 5.24. The summed E-state index contributed by atoms with van der Waals surface area (Å²) >= 11 is 0. The van der Waals surface area contributed by atoms with Gasteiger partial charge in [0.2, 0.25) is 0 Å². The fourth-order valence-electron chi connectivity index (χ4n) is 2.17. The molecule has 0 bridgehead atoms. The Kier molecular flexibility index (Phi) is 5.27. The minimum Gasteiger partial charge on any atom is -0.396 e. The van der Waals surface area contributed by atoms with Gasteiger partial charge < -0.3 is 10.4 Å².